The highest BCUT2D eigenvalue weighted by Gasteiger charge is 2.35. The summed E-state index contributed by atoms with van der Waals surface area (Å²) in [5.74, 6) is 1.32. The second kappa shape index (κ2) is 5.38. The Kier molecular flexibility index (Phi) is 3.93. The zero-order valence-electron chi connectivity index (χ0n) is 12.2. The molecule has 2 unspecified atom stereocenters. The molecule has 106 valence electrons. The van der Waals surface area contributed by atoms with E-state index in [0.29, 0.717) is 16.7 Å². The van der Waals surface area contributed by atoms with Crippen LogP contribution in [-0.4, -0.2) is 17.8 Å². The SMILES string of the molecule is CNC1CC(C)(C)Cc2nc(C3CCCCS3)sc21. The standard InChI is InChI=1S/C15H24N2S2/c1-15(2)8-10(16-3)13-11(9-15)17-14(19-13)12-6-4-5-7-18-12/h10,12,16H,4-9H2,1-3H3. The van der Waals surface area contributed by atoms with Gasteiger partial charge in [0.05, 0.1) is 10.9 Å². The number of hydrogen-bond acceptors (Lipinski definition) is 4. The van der Waals surface area contributed by atoms with Gasteiger partial charge in [-0.05, 0) is 43.9 Å². The molecule has 1 saturated heterocycles. The summed E-state index contributed by atoms with van der Waals surface area (Å²) in [5, 5.41) is 5.56. The molecule has 2 atom stereocenters. The minimum Gasteiger partial charge on any atom is -0.312 e. The lowest BCUT2D eigenvalue weighted by Crippen LogP contribution is -2.30. The number of aromatic nitrogens is 1. The van der Waals surface area contributed by atoms with Crippen LogP contribution in [0.2, 0.25) is 0 Å². The predicted octanol–water partition coefficient (Wildman–Crippen LogP) is 4.33. The molecule has 0 amide bonds. The molecule has 1 N–H and O–H groups in total. The molecule has 0 radical (unpaired) electrons. The van der Waals surface area contributed by atoms with E-state index in [1.807, 2.05) is 11.3 Å². The van der Waals surface area contributed by atoms with Crippen molar-refractivity contribution < 1.29 is 0 Å². The summed E-state index contributed by atoms with van der Waals surface area (Å²) in [7, 11) is 2.09. The minimum absolute atomic E-state index is 0.381. The van der Waals surface area contributed by atoms with Crippen molar-refractivity contribution in [2.75, 3.05) is 12.8 Å². The molecule has 1 aliphatic heterocycles. The van der Waals surface area contributed by atoms with E-state index in [2.05, 4.69) is 38.0 Å². The van der Waals surface area contributed by atoms with Crippen LogP contribution in [0.3, 0.4) is 0 Å². The molecule has 1 aromatic heterocycles. The average molecular weight is 297 g/mol. The van der Waals surface area contributed by atoms with Gasteiger partial charge in [0.25, 0.3) is 0 Å². The summed E-state index contributed by atoms with van der Waals surface area (Å²) in [6.45, 7) is 4.74. The van der Waals surface area contributed by atoms with Gasteiger partial charge in [-0.15, -0.1) is 11.3 Å². The van der Waals surface area contributed by atoms with Crippen molar-refractivity contribution in [2.45, 2.75) is 57.2 Å². The normalized spacial score (nSPS) is 30.1. The van der Waals surface area contributed by atoms with Gasteiger partial charge >= 0.3 is 0 Å². The van der Waals surface area contributed by atoms with Gasteiger partial charge in [0, 0.05) is 10.9 Å². The van der Waals surface area contributed by atoms with Crippen molar-refractivity contribution in [2.24, 2.45) is 5.41 Å². The number of thioether (sulfide) groups is 1. The van der Waals surface area contributed by atoms with E-state index in [-0.39, 0.29) is 0 Å². The summed E-state index contributed by atoms with van der Waals surface area (Å²) >= 11 is 4.10. The van der Waals surface area contributed by atoms with Crippen LogP contribution in [0.4, 0.5) is 0 Å². The lowest BCUT2D eigenvalue weighted by Gasteiger charge is -2.34. The van der Waals surface area contributed by atoms with Crippen LogP contribution >= 0.6 is 23.1 Å². The Bertz CT molecular complexity index is 447. The van der Waals surface area contributed by atoms with Crippen LogP contribution < -0.4 is 5.32 Å². The number of rotatable bonds is 2. The van der Waals surface area contributed by atoms with Crippen molar-refractivity contribution in [1.29, 1.82) is 0 Å². The third kappa shape index (κ3) is 2.86. The average Bonchev–Trinajstić information content (AvgIpc) is 2.81. The maximum atomic E-state index is 5.03. The summed E-state index contributed by atoms with van der Waals surface area (Å²) in [6.07, 6.45) is 6.47. The fourth-order valence-electron chi connectivity index (χ4n) is 3.26. The second-order valence-electron chi connectivity index (χ2n) is 6.60. The van der Waals surface area contributed by atoms with E-state index in [0.717, 1.165) is 6.42 Å². The molecular weight excluding hydrogens is 272 g/mol. The number of nitrogens with one attached hydrogen (secondary N) is 1. The monoisotopic (exact) mass is 296 g/mol. The molecule has 0 aromatic carbocycles. The van der Waals surface area contributed by atoms with Crippen LogP contribution in [0.1, 0.15) is 66.4 Å². The Morgan fingerprint density at radius 1 is 1.32 bits per heavy atom. The highest BCUT2D eigenvalue weighted by atomic mass is 32.2. The number of hydrogen-bond donors (Lipinski definition) is 1. The fraction of sp³-hybridized carbons (Fsp3) is 0.800. The van der Waals surface area contributed by atoms with Gasteiger partial charge in [0.1, 0.15) is 5.01 Å². The molecule has 1 aromatic rings. The van der Waals surface area contributed by atoms with Gasteiger partial charge in [-0.2, -0.15) is 11.8 Å². The van der Waals surface area contributed by atoms with E-state index >= 15 is 0 Å². The van der Waals surface area contributed by atoms with Gasteiger partial charge in [-0.3, -0.25) is 0 Å². The quantitative estimate of drug-likeness (QED) is 0.879. The largest absolute Gasteiger partial charge is 0.312 e. The number of thiazole rings is 1. The first-order valence-electron chi connectivity index (χ1n) is 7.37. The molecule has 19 heavy (non-hydrogen) atoms. The highest BCUT2D eigenvalue weighted by molar-refractivity contribution is 7.99. The van der Waals surface area contributed by atoms with Gasteiger partial charge in [-0.1, -0.05) is 20.3 Å². The van der Waals surface area contributed by atoms with Gasteiger partial charge in [0.15, 0.2) is 0 Å². The van der Waals surface area contributed by atoms with Crippen molar-refractivity contribution in [1.82, 2.24) is 10.3 Å². The van der Waals surface area contributed by atoms with Crippen LogP contribution in [0, 0.1) is 5.41 Å². The second-order valence-corrected chi connectivity index (χ2v) is 8.98. The van der Waals surface area contributed by atoms with E-state index in [4.69, 9.17) is 4.98 Å². The zero-order valence-corrected chi connectivity index (χ0v) is 13.8. The summed E-state index contributed by atoms with van der Waals surface area (Å²) in [6, 6.07) is 0.513. The molecule has 0 spiro atoms. The van der Waals surface area contributed by atoms with Crippen LogP contribution in [0.25, 0.3) is 0 Å². The van der Waals surface area contributed by atoms with Gasteiger partial charge in [0.2, 0.25) is 0 Å². The summed E-state index contributed by atoms with van der Waals surface area (Å²) < 4.78 is 0. The highest BCUT2D eigenvalue weighted by Crippen LogP contribution is 2.47. The fourth-order valence-corrected chi connectivity index (χ4v) is 6.00. The summed E-state index contributed by atoms with van der Waals surface area (Å²) in [5.41, 5.74) is 1.76. The van der Waals surface area contributed by atoms with Gasteiger partial charge < -0.3 is 5.32 Å². The third-order valence-corrected chi connectivity index (χ3v) is 7.13. The van der Waals surface area contributed by atoms with E-state index < -0.39 is 0 Å². The minimum atomic E-state index is 0.381. The lowest BCUT2D eigenvalue weighted by molar-refractivity contribution is 0.265. The smallest absolute Gasteiger partial charge is 0.106 e. The van der Waals surface area contributed by atoms with Crippen LogP contribution in [0.5, 0.6) is 0 Å². The number of fused-ring (bicyclic) bond motifs is 1. The lowest BCUT2D eigenvalue weighted by atomic mass is 9.76. The Labute approximate surface area is 124 Å². The molecule has 0 saturated carbocycles. The Morgan fingerprint density at radius 2 is 2.16 bits per heavy atom. The molecule has 2 aliphatic rings. The molecule has 0 bridgehead atoms. The Hall–Kier alpha value is -0.0600. The molecular formula is C15H24N2S2. The molecule has 1 aliphatic carbocycles. The molecule has 4 heteroatoms. The van der Waals surface area contributed by atoms with Crippen molar-refractivity contribution in [3.05, 3.63) is 15.6 Å². The molecule has 2 nitrogen and oxygen atoms in total. The third-order valence-electron chi connectivity index (χ3n) is 4.27. The zero-order chi connectivity index (χ0) is 13.5. The maximum Gasteiger partial charge on any atom is 0.106 e. The van der Waals surface area contributed by atoms with Crippen molar-refractivity contribution in [3.8, 4) is 0 Å². The first-order valence-corrected chi connectivity index (χ1v) is 9.24. The maximum absolute atomic E-state index is 5.03. The van der Waals surface area contributed by atoms with Crippen molar-refractivity contribution in [3.63, 3.8) is 0 Å². The van der Waals surface area contributed by atoms with Gasteiger partial charge in [-0.25, -0.2) is 4.98 Å². The van der Waals surface area contributed by atoms with Crippen molar-refractivity contribution >= 4 is 23.1 Å². The van der Waals surface area contributed by atoms with E-state index in [1.54, 1.807) is 0 Å². The van der Waals surface area contributed by atoms with E-state index in [1.165, 1.54) is 47.0 Å². The molecule has 2 heterocycles. The summed E-state index contributed by atoms with van der Waals surface area (Å²) in [4.78, 5) is 6.54. The first kappa shape index (κ1) is 13.9. The van der Waals surface area contributed by atoms with E-state index in [9.17, 15) is 0 Å². The van der Waals surface area contributed by atoms with Crippen LogP contribution in [-0.2, 0) is 6.42 Å². The molecule has 3 rings (SSSR count). The topological polar surface area (TPSA) is 24.9 Å². The molecule has 1 fully saturated rings. The number of nitrogens with zero attached hydrogens (tertiary/aromatic N) is 1. The predicted molar refractivity (Wildman–Crippen MR) is 85.1 cm³/mol. The first-order chi connectivity index (χ1) is 9.09. The Morgan fingerprint density at radius 3 is 2.84 bits per heavy atom. The van der Waals surface area contributed by atoms with Crippen LogP contribution in [0.15, 0.2) is 0 Å². The Balaban J connectivity index is 1.88.